The van der Waals surface area contributed by atoms with E-state index in [9.17, 15) is 10.1 Å². The van der Waals surface area contributed by atoms with Gasteiger partial charge in [-0.25, -0.2) is 0 Å². The Kier molecular flexibility index (Phi) is 2.46. The molecule has 0 aliphatic rings. The van der Waals surface area contributed by atoms with E-state index in [4.69, 9.17) is 0 Å². The van der Waals surface area contributed by atoms with Crippen LogP contribution in [0.25, 0.3) is 16.8 Å². The summed E-state index contributed by atoms with van der Waals surface area (Å²) in [5.41, 5.74) is 0.838. The third kappa shape index (κ3) is 2.20. The van der Waals surface area contributed by atoms with E-state index in [1.807, 2.05) is 42.5 Å². The highest BCUT2D eigenvalue weighted by Crippen LogP contribution is 2.16. The van der Waals surface area contributed by atoms with Crippen molar-refractivity contribution in [2.24, 2.45) is 0 Å². The number of hydrogen-bond donors (Lipinski definition) is 0. The number of rotatable bonds is 2. The first-order valence-electron chi connectivity index (χ1n) is 4.56. The van der Waals surface area contributed by atoms with E-state index >= 15 is 0 Å². The van der Waals surface area contributed by atoms with E-state index in [-0.39, 0.29) is 0 Å². The normalized spacial score (nSPS) is 10.9. The summed E-state index contributed by atoms with van der Waals surface area (Å²) >= 11 is 0. The highest BCUT2D eigenvalue weighted by molar-refractivity contribution is 5.84. The van der Waals surface area contributed by atoms with Crippen molar-refractivity contribution in [3.63, 3.8) is 0 Å². The second-order valence-electron chi connectivity index (χ2n) is 3.21. The first-order valence-corrected chi connectivity index (χ1v) is 4.56. The molecule has 0 aromatic heterocycles. The van der Waals surface area contributed by atoms with Gasteiger partial charge in [0.15, 0.2) is 0 Å². The molecule has 0 aliphatic heterocycles. The molecule has 3 nitrogen and oxygen atoms in total. The summed E-state index contributed by atoms with van der Waals surface area (Å²) in [7, 11) is 0. The summed E-state index contributed by atoms with van der Waals surface area (Å²) in [6, 6.07) is 13.7. The van der Waals surface area contributed by atoms with Crippen LogP contribution in [-0.4, -0.2) is 4.92 Å². The van der Waals surface area contributed by atoms with Crippen molar-refractivity contribution in [2.75, 3.05) is 0 Å². The largest absolute Gasteiger partial charge is 0.259 e. The van der Waals surface area contributed by atoms with Crippen molar-refractivity contribution >= 4 is 16.8 Å². The van der Waals surface area contributed by atoms with Crippen molar-refractivity contribution in [2.45, 2.75) is 0 Å². The van der Waals surface area contributed by atoms with Gasteiger partial charge in [0.2, 0.25) is 6.20 Å². The van der Waals surface area contributed by atoms with Crippen molar-refractivity contribution in [3.05, 3.63) is 64.3 Å². The Labute approximate surface area is 86.8 Å². The molecule has 0 aliphatic carbocycles. The monoisotopic (exact) mass is 199 g/mol. The van der Waals surface area contributed by atoms with E-state index < -0.39 is 4.92 Å². The first kappa shape index (κ1) is 9.40. The minimum atomic E-state index is -0.463. The lowest BCUT2D eigenvalue weighted by molar-refractivity contribution is -0.400. The quantitative estimate of drug-likeness (QED) is 0.551. The molecule has 0 amide bonds. The molecule has 0 spiro atoms. The van der Waals surface area contributed by atoms with Gasteiger partial charge in [-0.15, -0.1) is 0 Å². The van der Waals surface area contributed by atoms with E-state index in [1.54, 1.807) is 0 Å². The zero-order chi connectivity index (χ0) is 10.7. The number of nitrogens with zero attached hydrogens (tertiary/aromatic N) is 1. The molecule has 0 bridgehead atoms. The second-order valence-corrected chi connectivity index (χ2v) is 3.21. The average Bonchev–Trinajstić information content (AvgIpc) is 2.26. The van der Waals surface area contributed by atoms with Crippen LogP contribution in [0.5, 0.6) is 0 Å². The molecule has 0 unspecified atom stereocenters. The van der Waals surface area contributed by atoms with Crippen LogP contribution in [0.15, 0.2) is 48.7 Å². The number of hydrogen-bond acceptors (Lipinski definition) is 2. The van der Waals surface area contributed by atoms with E-state index in [0.717, 1.165) is 22.5 Å². The number of benzene rings is 2. The van der Waals surface area contributed by atoms with Gasteiger partial charge in [-0.1, -0.05) is 36.4 Å². The molecule has 0 heterocycles. The minimum absolute atomic E-state index is 0.463. The van der Waals surface area contributed by atoms with Crippen LogP contribution in [0, 0.1) is 10.1 Å². The molecule has 0 fully saturated rings. The van der Waals surface area contributed by atoms with Crippen molar-refractivity contribution in [3.8, 4) is 0 Å². The van der Waals surface area contributed by atoms with Gasteiger partial charge >= 0.3 is 0 Å². The second kappa shape index (κ2) is 3.92. The summed E-state index contributed by atoms with van der Waals surface area (Å²) in [6.45, 7) is 0. The van der Waals surface area contributed by atoms with Gasteiger partial charge in [-0.2, -0.15) is 0 Å². The molecule has 2 aromatic carbocycles. The molecule has 3 heteroatoms. The third-order valence-electron chi connectivity index (χ3n) is 2.16. The van der Waals surface area contributed by atoms with Crippen molar-refractivity contribution < 1.29 is 4.92 Å². The number of fused-ring (bicyclic) bond motifs is 1. The Balaban J connectivity index is 2.43. The first-order chi connectivity index (χ1) is 7.25. The lowest BCUT2D eigenvalue weighted by Crippen LogP contribution is -1.82. The zero-order valence-electron chi connectivity index (χ0n) is 7.96. The standard InChI is InChI=1S/C12H9NO2/c14-13(15)8-7-10-5-6-11-3-1-2-4-12(11)9-10/h1-9H. The molecular formula is C12H9NO2. The average molecular weight is 199 g/mol. The summed E-state index contributed by atoms with van der Waals surface area (Å²) in [5.74, 6) is 0. The van der Waals surface area contributed by atoms with Gasteiger partial charge in [-0.3, -0.25) is 10.1 Å². The maximum absolute atomic E-state index is 10.2. The highest BCUT2D eigenvalue weighted by Gasteiger charge is 1.94. The highest BCUT2D eigenvalue weighted by atomic mass is 16.6. The summed E-state index contributed by atoms with van der Waals surface area (Å²) < 4.78 is 0. The van der Waals surface area contributed by atoms with Gasteiger partial charge in [0.05, 0.1) is 4.92 Å². The summed E-state index contributed by atoms with van der Waals surface area (Å²) in [5, 5.41) is 12.4. The van der Waals surface area contributed by atoms with E-state index in [1.165, 1.54) is 6.08 Å². The van der Waals surface area contributed by atoms with E-state index in [2.05, 4.69) is 0 Å². The Hall–Kier alpha value is -2.16. The molecule has 15 heavy (non-hydrogen) atoms. The van der Waals surface area contributed by atoms with Gasteiger partial charge < -0.3 is 0 Å². The predicted molar refractivity (Wildman–Crippen MR) is 60.0 cm³/mol. The fourth-order valence-electron chi connectivity index (χ4n) is 1.46. The Morgan fingerprint density at radius 1 is 1.07 bits per heavy atom. The van der Waals surface area contributed by atoms with Crippen LogP contribution in [0.1, 0.15) is 5.56 Å². The topological polar surface area (TPSA) is 43.1 Å². The Morgan fingerprint density at radius 2 is 1.80 bits per heavy atom. The molecule has 0 saturated heterocycles. The number of nitro groups is 1. The lowest BCUT2D eigenvalue weighted by Gasteiger charge is -1.97. The molecule has 2 aromatic rings. The fourth-order valence-corrected chi connectivity index (χ4v) is 1.46. The fraction of sp³-hybridized carbons (Fsp3) is 0. The van der Waals surface area contributed by atoms with Gasteiger partial charge in [0.25, 0.3) is 0 Å². The van der Waals surface area contributed by atoms with E-state index in [0.29, 0.717) is 0 Å². The SMILES string of the molecule is O=[N+]([O-])C=Cc1ccc2ccccc2c1. The van der Waals surface area contributed by atoms with Crippen LogP contribution in [0.3, 0.4) is 0 Å². The molecule has 0 saturated carbocycles. The van der Waals surface area contributed by atoms with Crippen LogP contribution in [0.4, 0.5) is 0 Å². The van der Waals surface area contributed by atoms with Crippen LogP contribution >= 0.6 is 0 Å². The minimum Gasteiger partial charge on any atom is -0.259 e. The third-order valence-corrected chi connectivity index (χ3v) is 2.16. The van der Waals surface area contributed by atoms with Crippen molar-refractivity contribution in [1.29, 1.82) is 0 Å². The smallest absolute Gasteiger partial charge is 0.235 e. The maximum atomic E-state index is 10.2. The molecular weight excluding hydrogens is 190 g/mol. The van der Waals surface area contributed by atoms with Crippen molar-refractivity contribution in [1.82, 2.24) is 0 Å². The Morgan fingerprint density at radius 3 is 2.53 bits per heavy atom. The molecule has 74 valence electrons. The lowest BCUT2D eigenvalue weighted by atomic mass is 10.1. The molecule has 0 N–H and O–H groups in total. The van der Waals surface area contributed by atoms with Crippen LogP contribution in [0.2, 0.25) is 0 Å². The van der Waals surface area contributed by atoms with Gasteiger partial charge in [-0.05, 0) is 22.4 Å². The summed E-state index contributed by atoms with van der Waals surface area (Å²) in [6.07, 6.45) is 2.44. The van der Waals surface area contributed by atoms with Gasteiger partial charge in [0.1, 0.15) is 0 Å². The van der Waals surface area contributed by atoms with Crippen LogP contribution < -0.4 is 0 Å². The molecule has 2 rings (SSSR count). The maximum Gasteiger partial charge on any atom is 0.235 e. The molecule has 0 radical (unpaired) electrons. The molecule has 0 atom stereocenters. The van der Waals surface area contributed by atoms with Crippen LogP contribution in [-0.2, 0) is 0 Å². The van der Waals surface area contributed by atoms with Gasteiger partial charge in [0, 0.05) is 6.08 Å². The summed E-state index contributed by atoms with van der Waals surface area (Å²) in [4.78, 5) is 9.69. The predicted octanol–water partition coefficient (Wildman–Crippen LogP) is 3.09. The zero-order valence-corrected chi connectivity index (χ0v) is 7.96. The Bertz CT molecular complexity index is 532.